The first-order valence-electron chi connectivity index (χ1n) is 16.7. The topological polar surface area (TPSA) is 67.8 Å². The van der Waals surface area contributed by atoms with Crippen molar-refractivity contribution < 1.29 is 23.8 Å². The van der Waals surface area contributed by atoms with Crippen molar-refractivity contribution in [2.45, 2.75) is 130 Å². The zero-order valence-electron chi connectivity index (χ0n) is 26.4. The molecule has 4 fully saturated rings. The van der Waals surface area contributed by atoms with Gasteiger partial charge in [-0.2, -0.15) is 0 Å². The Kier molecular flexibility index (Phi) is 11.0. The maximum Gasteiger partial charge on any atom is 0.219 e. The number of halogens is 1. The largest absolute Gasteiger partial charge is 0.393 e. The van der Waals surface area contributed by atoms with Crippen LogP contribution in [0.2, 0.25) is 0 Å². The van der Waals surface area contributed by atoms with E-state index < -0.39 is 6.17 Å². The summed E-state index contributed by atoms with van der Waals surface area (Å²) in [4.78, 5) is 12.1. The van der Waals surface area contributed by atoms with Crippen LogP contribution < -0.4 is 5.32 Å². The van der Waals surface area contributed by atoms with Gasteiger partial charge < -0.3 is 19.9 Å². The lowest BCUT2D eigenvalue weighted by Gasteiger charge is -2.62. The molecule has 1 amide bonds. The van der Waals surface area contributed by atoms with Crippen molar-refractivity contribution in [1.82, 2.24) is 5.32 Å². The van der Waals surface area contributed by atoms with Gasteiger partial charge in [-0.05, 0) is 130 Å². The summed E-state index contributed by atoms with van der Waals surface area (Å²) in [6, 6.07) is 0. The maximum absolute atomic E-state index is 13.8. The minimum absolute atomic E-state index is 0.179. The number of amides is 1. The van der Waals surface area contributed by atoms with Gasteiger partial charge in [-0.1, -0.05) is 27.7 Å². The molecule has 232 valence electrons. The summed E-state index contributed by atoms with van der Waals surface area (Å²) in [5.41, 5.74) is 0.574. The van der Waals surface area contributed by atoms with E-state index in [0.717, 1.165) is 32.1 Å². The zero-order chi connectivity index (χ0) is 29.1. The standard InChI is InChI=1S/C34H60FNO4/c1-7-36-31(38)13-9-23(3)27-11-12-28-32-29(15-17-34(27,28)5)33(4)16-14-26(18-24(33)19-30(32)37)40-20-22(2)8-10-25(35)21-39-6/h22-30,32,37H,7-21H2,1-6H3,(H,36,38)/t22?,23?,24-,25?,26+,27?,28?,29?,30+,32?,33-,34+/m0/s1. The highest BCUT2D eigenvalue weighted by Crippen LogP contribution is 2.68. The van der Waals surface area contributed by atoms with Crippen LogP contribution in [0.25, 0.3) is 0 Å². The fourth-order valence-corrected chi connectivity index (χ4v) is 10.3. The van der Waals surface area contributed by atoms with E-state index in [9.17, 15) is 14.3 Å². The van der Waals surface area contributed by atoms with Crippen LogP contribution in [0.15, 0.2) is 0 Å². The second-order valence-corrected chi connectivity index (χ2v) is 15.0. The van der Waals surface area contributed by atoms with Crippen molar-refractivity contribution in [2.24, 2.45) is 52.3 Å². The minimum atomic E-state index is -0.887. The lowest BCUT2D eigenvalue weighted by Crippen LogP contribution is -2.58. The summed E-state index contributed by atoms with van der Waals surface area (Å²) in [6.45, 7) is 13.2. The molecule has 40 heavy (non-hydrogen) atoms. The number of nitrogens with one attached hydrogen (secondary N) is 1. The first-order valence-corrected chi connectivity index (χ1v) is 16.7. The summed E-state index contributed by atoms with van der Waals surface area (Å²) in [5, 5.41) is 14.7. The van der Waals surface area contributed by atoms with Gasteiger partial charge in [0, 0.05) is 26.7 Å². The summed E-state index contributed by atoms with van der Waals surface area (Å²) < 4.78 is 25.2. The van der Waals surface area contributed by atoms with Gasteiger partial charge in [0.1, 0.15) is 6.17 Å². The lowest BCUT2D eigenvalue weighted by atomic mass is 9.43. The van der Waals surface area contributed by atoms with Crippen molar-refractivity contribution in [3.8, 4) is 0 Å². The Bertz CT molecular complexity index is 826. The predicted octanol–water partition coefficient (Wildman–Crippen LogP) is 6.95. The number of hydrogen-bond acceptors (Lipinski definition) is 4. The number of hydrogen-bond donors (Lipinski definition) is 2. The fourth-order valence-electron chi connectivity index (χ4n) is 10.3. The average molecular weight is 566 g/mol. The van der Waals surface area contributed by atoms with E-state index >= 15 is 0 Å². The molecule has 12 atom stereocenters. The monoisotopic (exact) mass is 565 g/mol. The van der Waals surface area contributed by atoms with Crippen LogP contribution in [0.4, 0.5) is 4.39 Å². The van der Waals surface area contributed by atoms with E-state index in [1.165, 1.54) is 32.1 Å². The van der Waals surface area contributed by atoms with Gasteiger partial charge in [-0.25, -0.2) is 4.39 Å². The Balaban J connectivity index is 1.33. The Morgan fingerprint density at radius 2 is 1.73 bits per heavy atom. The summed E-state index contributed by atoms with van der Waals surface area (Å²) in [5.74, 6) is 3.87. The lowest BCUT2D eigenvalue weighted by molar-refractivity contribution is -0.179. The molecular weight excluding hydrogens is 505 g/mol. The molecule has 0 heterocycles. The molecule has 0 aromatic carbocycles. The van der Waals surface area contributed by atoms with Crippen LogP contribution in [0.1, 0.15) is 112 Å². The van der Waals surface area contributed by atoms with Crippen LogP contribution in [0.5, 0.6) is 0 Å². The molecule has 4 rings (SSSR count). The van der Waals surface area contributed by atoms with E-state index in [1.807, 2.05) is 6.92 Å². The Labute approximate surface area is 244 Å². The molecule has 7 unspecified atom stereocenters. The van der Waals surface area contributed by atoms with Crippen molar-refractivity contribution >= 4 is 5.91 Å². The predicted molar refractivity (Wildman–Crippen MR) is 159 cm³/mol. The molecule has 4 aliphatic carbocycles. The van der Waals surface area contributed by atoms with Crippen molar-refractivity contribution in [3.63, 3.8) is 0 Å². The van der Waals surface area contributed by atoms with Crippen LogP contribution in [-0.4, -0.2) is 56.3 Å². The van der Waals surface area contributed by atoms with Crippen LogP contribution in [-0.2, 0) is 14.3 Å². The fraction of sp³-hybridized carbons (Fsp3) is 0.971. The molecule has 0 saturated heterocycles. The third-order valence-electron chi connectivity index (χ3n) is 12.5. The highest BCUT2D eigenvalue weighted by Gasteiger charge is 2.62. The normalized spacial score (nSPS) is 41.4. The number of carbonyl (C=O) groups excluding carboxylic acids is 1. The van der Waals surface area contributed by atoms with Gasteiger partial charge in [0.05, 0.1) is 18.8 Å². The number of fused-ring (bicyclic) bond motifs is 5. The molecule has 0 aromatic rings. The number of methoxy groups -OCH3 is 1. The van der Waals surface area contributed by atoms with E-state index in [2.05, 4.69) is 33.0 Å². The molecular formula is C34H60FNO4. The summed E-state index contributed by atoms with van der Waals surface area (Å²) in [7, 11) is 1.55. The first-order chi connectivity index (χ1) is 19.0. The van der Waals surface area contributed by atoms with E-state index in [1.54, 1.807) is 7.11 Å². The zero-order valence-corrected chi connectivity index (χ0v) is 26.4. The Morgan fingerprint density at radius 1 is 1.00 bits per heavy atom. The molecule has 0 spiro atoms. The number of alkyl halides is 1. The second kappa shape index (κ2) is 13.7. The van der Waals surface area contributed by atoms with E-state index in [0.29, 0.717) is 72.8 Å². The maximum atomic E-state index is 13.8. The summed E-state index contributed by atoms with van der Waals surface area (Å²) in [6.07, 6.45) is 11.4. The molecule has 0 aliphatic heterocycles. The molecule has 0 aromatic heterocycles. The van der Waals surface area contributed by atoms with Crippen LogP contribution >= 0.6 is 0 Å². The van der Waals surface area contributed by atoms with Gasteiger partial charge in [-0.15, -0.1) is 0 Å². The second-order valence-electron chi connectivity index (χ2n) is 15.0. The molecule has 2 N–H and O–H groups in total. The molecule has 4 aliphatic rings. The molecule has 4 saturated carbocycles. The van der Waals surface area contributed by atoms with Crippen molar-refractivity contribution in [2.75, 3.05) is 26.9 Å². The first kappa shape index (κ1) is 32.2. The SMILES string of the molecule is CCNC(=O)CCC(C)C1CCC2C3C(CC[C@]12C)[C@@]1(C)CC[C@@H](OCC(C)CCC(F)COC)C[C@H]1C[C@H]3O. The number of aliphatic hydroxyl groups is 1. The third-order valence-corrected chi connectivity index (χ3v) is 12.5. The molecule has 0 radical (unpaired) electrons. The molecule has 0 bridgehead atoms. The van der Waals surface area contributed by atoms with E-state index in [4.69, 9.17) is 9.47 Å². The van der Waals surface area contributed by atoms with Gasteiger partial charge in [0.2, 0.25) is 5.91 Å². The highest BCUT2D eigenvalue weighted by atomic mass is 19.1. The highest BCUT2D eigenvalue weighted by molar-refractivity contribution is 5.75. The quantitative estimate of drug-likeness (QED) is 0.253. The third kappa shape index (κ3) is 6.75. The van der Waals surface area contributed by atoms with Crippen LogP contribution in [0, 0.1) is 52.3 Å². The van der Waals surface area contributed by atoms with Gasteiger partial charge in [0.25, 0.3) is 0 Å². The van der Waals surface area contributed by atoms with Gasteiger partial charge >= 0.3 is 0 Å². The van der Waals surface area contributed by atoms with Crippen LogP contribution in [0.3, 0.4) is 0 Å². The number of aliphatic hydroxyl groups excluding tert-OH is 1. The van der Waals surface area contributed by atoms with Crippen molar-refractivity contribution in [1.29, 1.82) is 0 Å². The molecule has 5 nitrogen and oxygen atoms in total. The van der Waals surface area contributed by atoms with Crippen molar-refractivity contribution in [3.05, 3.63) is 0 Å². The minimum Gasteiger partial charge on any atom is -0.393 e. The number of ether oxygens (including phenoxy) is 2. The number of rotatable bonds is 13. The Hall–Kier alpha value is -0.720. The van der Waals surface area contributed by atoms with E-state index in [-0.39, 0.29) is 30.1 Å². The number of carbonyl (C=O) groups is 1. The smallest absolute Gasteiger partial charge is 0.219 e. The summed E-state index contributed by atoms with van der Waals surface area (Å²) >= 11 is 0. The van der Waals surface area contributed by atoms with Gasteiger partial charge in [0.15, 0.2) is 0 Å². The molecule has 6 heteroatoms. The Morgan fingerprint density at radius 3 is 2.45 bits per heavy atom. The average Bonchev–Trinajstić information content (AvgIpc) is 3.27. The van der Waals surface area contributed by atoms with Gasteiger partial charge in [-0.3, -0.25) is 4.79 Å².